The van der Waals surface area contributed by atoms with Crippen molar-refractivity contribution in [3.05, 3.63) is 23.8 Å². The summed E-state index contributed by atoms with van der Waals surface area (Å²) in [6, 6.07) is 4.91. The zero-order chi connectivity index (χ0) is 15.6. The molecule has 0 spiro atoms. The Morgan fingerprint density at radius 1 is 1.19 bits per heavy atom. The van der Waals surface area contributed by atoms with Gasteiger partial charge in [-0.1, -0.05) is 6.92 Å². The first-order valence-electron chi connectivity index (χ1n) is 6.65. The van der Waals surface area contributed by atoms with Crippen LogP contribution in [0.1, 0.15) is 17.3 Å². The number of hydrogen-bond donors (Lipinski definition) is 0. The fourth-order valence-corrected chi connectivity index (χ4v) is 3.47. The highest BCUT2D eigenvalue weighted by molar-refractivity contribution is 7.92. The molecule has 0 aliphatic carbocycles. The van der Waals surface area contributed by atoms with E-state index in [1.54, 1.807) is 25.1 Å². The highest BCUT2D eigenvalue weighted by Gasteiger charge is 2.39. The van der Waals surface area contributed by atoms with Crippen LogP contribution in [0.25, 0.3) is 0 Å². The van der Waals surface area contributed by atoms with Crippen LogP contribution < -0.4 is 9.47 Å². The van der Waals surface area contributed by atoms with Crippen LogP contribution in [-0.2, 0) is 9.84 Å². The molecule has 0 bridgehead atoms. The molecule has 1 aliphatic heterocycles. The molecule has 0 radical (unpaired) electrons. The second-order valence-corrected chi connectivity index (χ2v) is 7.45. The smallest absolute Gasteiger partial charge is 0.254 e. The molecule has 1 heterocycles. The number of likely N-dealkylation sites (tertiary alicyclic amines) is 1. The predicted octanol–water partition coefficient (Wildman–Crippen LogP) is 0.963. The minimum Gasteiger partial charge on any atom is -0.497 e. The lowest BCUT2D eigenvalue weighted by Gasteiger charge is -2.38. The number of hydrogen-bond acceptors (Lipinski definition) is 5. The Hall–Kier alpha value is -1.76. The highest BCUT2D eigenvalue weighted by atomic mass is 32.2. The number of nitrogens with zero attached hydrogens (tertiary/aromatic N) is 1. The summed E-state index contributed by atoms with van der Waals surface area (Å²) in [6.07, 6.45) is 0. The van der Waals surface area contributed by atoms with E-state index in [0.29, 0.717) is 17.1 Å². The molecule has 0 aromatic heterocycles. The third-order valence-electron chi connectivity index (χ3n) is 3.64. The Morgan fingerprint density at radius 2 is 1.71 bits per heavy atom. The normalized spacial score (nSPS) is 15.5. The monoisotopic (exact) mass is 313 g/mol. The first kappa shape index (κ1) is 15.6. The Morgan fingerprint density at radius 3 is 2.14 bits per heavy atom. The molecular weight excluding hydrogens is 294 g/mol. The first-order valence-corrected chi connectivity index (χ1v) is 8.36. The standard InChI is InChI=1S/C14H19NO5S/c1-4-21(17,18)13-8-15(9-13)14(16)10-5-11(19-2)7-12(6-10)20-3/h5-7,13H,4,8-9H2,1-3H3. The van der Waals surface area contributed by atoms with Gasteiger partial charge in [-0.2, -0.15) is 0 Å². The third-order valence-corrected chi connectivity index (χ3v) is 5.76. The van der Waals surface area contributed by atoms with Crippen molar-refractivity contribution in [2.75, 3.05) is 33.1 Å². The fourth-order valence-electron chi connectivity index (χ4n) is 2.18. The number of benzene rings is 1. The Bertz CT molecular complexity index is 613. The van der Waals surface area contributed by atoms with Crippen LogP contribution in [-0.4, -0.2) is 57.5 Å². The summed E-state index contributed by atoms with van der Waals surface area (Å²) in [4.78, 5) is 13.9. The largest absolute Gasteiger partial charge is 0.497 e. The van der Waals surface area contributed by atoms with Crippen LogP contribution in [0.3, 0.4) is 0 Å². The van der Waals surface area contributed by atoms with E-state index in [2.05, 4.69) is 0 Å². The van der Waals surface area contributed by atoms with Gasteiger partial charge >= 0.3 is 0 Å². The van der Waals surface area contributed by atoms with Crippen molar-refractivity contribution in [3.63, 3.8) is 0 Å². The number of carbonyl (C=O) groups is 1. The van der Waals surface area contributed by atoms with E-state index < -0.39 is 15.1 Å². The second-order valence-electron chi connectivity index (χ2n) is 4.89. The van der Waals surface area contributed by atoms with Crippen molar-refractivity contribution in [2.24, 2.45) is 0 Å². The number of rotatable bonds is 5. The lowest BCUT2D eigenvalue weighted by atomic mass is 10.1. The van der Waals surface area contributed by atoms with Gasteiger partial charge in [0.05, 0.1) is 19.5 Å². The van der Waals surface area contributed by atoms with E-state index in [4.69, 9.17) is 9.47 Å². The number of amides is 1. The maximum Gasteiger partial charge on any atom is 0.254 e. The van der Waals surface area contributed by atoms with Crippen LogP contribution in [0.4, 0.5) is 0 Å². The number of methoxy groups -OCH3 is 2. The van der Waals surface area contributed by atoms with Crippen molar-refractivity contribution in [1.29, 1.82) is 0 Å². The molecule has 0 N–H and O–H groups in total. The highest BCUT2D eigenvalue weighted by Crippen LogP contribution is 2.26. The van der Waals surface area contributed by atoms with Crippen molar-refractivity contribution < 1.29 is 22.7 Å². The average molecular weight is 313 g/mol. The molecule has 2 rings (SSSR count). The molecule has 1 fully saturated rings. The first-order chi connectivity index (χ1) is 9.91. The van der Waals surface area contributed by atoms with Crippen LogP contribution in [0.2, 0.25) is 0 Å². The molecule has 1 aromatic rings. The summed E-state index contributed by atoms with van der Waals surface area (Å²) in [5.41, 5.74) is 0.429. The number of ether oxygens (including phenoxy) is 2. The van der Waals surface area contributed by atoms with Crippen molar-refractivity contribution in [3.8, 4) is 11.5 Å². The van der Waals surface area contributed by atoms with Gasteiger partial charge in [-0.3, -0.25) is 4.79 Å². The molecule has 1 aliphatic rings. The van der Waals surface area contributed by atoms with Gasteiger partial charge < -0.3 is 14.4 Å². The SMILES string of the molecule is CCS(=O)(=O)C1CN(C(=O)c2cc(OC)cc(OC)c2)C1. The minimum absolute atomic E-state index is 0.104. The van der Waals surface area contributed by atoms with Crippen LogP contribution in [0, 0.1) is 0 Å². The van der Waals surface area contributed by atoms with E-state index in [-0.39, 0.29) is 24.7 Å². The summed E-state index contributed by atoms with van der Waals surface area (Å²) >= 11 is 0. The quantitative estimate of drug-likeness (QED) is 0.809. The lowest BCUT2D eigenvalue weighted by Crippen LogP contribution is -2.57. The maximum absolute atomic E-state index is 12.3. The van der Waals surface area contributed by atoms with Gasteiger partial charge in [-0.05, 0) is 12.1 Å². The van der Waals surface area contributed by atoms with Crippen LogP contribution in [0.5, 0.6) is 11.5 Å². The summed E-state index contributed by atoms with van der Waals surface area (Å²) in [5.74, 6) is 0.939. The van der Waals surface area contributed by atoms with Gasteiger partial charge in [0.15, 0.2) is 9.84 Å². The number of carbonyl (C=O) groups excluding carboxylic acids is 1. The molecule has 7 heteroatoms. The average Bonchev–Trinajstić information content (AvgIpc) is 2.44. The zero-order valence-corrected chi connectivity index (χ0v) is 13.1. The van der Waals surface area contributed by atoms with Gasteiger partial charge in [0, 0.05) is 30.5 Å². The minimum atomic E-state index is -3.08. The van der Waals surface area contributed by atoms with Crippen LogP contribution >= 0.6 is 0 Å². The Kier molecular flexibility index (Phi) is 4.41. The lowest BCUT2D eigenvalue weighted by molar-refractivity contribution is 0.0658. The van der Waals surface area contributed by atoms with Gasteiger partial charge in [-0.15, -0.1) is 0 Å². The van der Waals surface area contributed by atoms with Gasteiger partial charge in [0.25, 0.3) is 5.91 Å². The van der Waals surface area contributed by atoms with E-state index >= 15 is 0 Å². The van der Waals surface area contributed by atoms with Gasteiger partial charge in [-0.25, -0.2) is 8.42 Å². The van der Waals surface area contributed by atoms with E-state index in [9.17, 15) is 13.2 Å². The predicted molar refractivity (Wildman–Crippen MR) is 78.7 cm³/mol. The molecule has 116 valence electrons. The van der Waals surface area contributed by atoms with Crippen molar-refractivity contribution >= 4 is 15.7 Å². The molecule has 1 saturated heterocycles. The van der Waals surface area contributed by atoms with Crippen molar-refractivity contribution in [1.82, 2.24) is 4.90 Å². The second kappa shape index (κ2) is 5.93. The van der Waals surface area contributed by atoms with Crippen LogP contribution in [0.15, 0.2) is 18.2 Å². The van der Waals surface area contributed by atoms with Gasteiger partial charge in [0.1, 0.15) is 11.5 Å². The Balaban J connectivity index is 2.12. The summed E-state index contributed by atoms with van der Waals surface area (Å²) in [6.45, 7) is 2.11. The molecule has 1 amide bonds. The molecule has 21 heavy (non-hydrogen) atoms. The zero-order valence-electron chi connectivity index (χ0n) is 12.3. The summed E-state index contributed by atoms with van der Waals surface area (Å²) in [5, 5.41) is -0.445. The third kappa shape index (κ3) is 3.12. The Labute approximate surface area is 124 Å². The molecule has 0 unspecified atom stereocenters. The summed E-state index contributed by atoms with van der Waals surface area (Å²) in [7, 11) is -0.0581. The van der Waals surface area contributed by atoms with E-state index in [1.807, 2.05) is 0 Å². The number of sulfone groups is 1. The molecule has 0 saturated carbocycles. The fraction of sp³-hybridized carbons (Fsp3) is 0.500. The van der Waals surface area contributed by atoms with Gasteiger partial charge in [0.2, 0.25) is 0 Å². The molecule has 0 atom stereocenters. The van der Waals surface area contributed by atoms with Crippen molar-refractivity contribution in [2.45, 2.75) is 12.2 Å². The van der Waals surface area contributed by atoms with E-state index in [0.717, 1.165) is 0 Å². The van der Waals surface area contributed by atoms with E-state index in [1.165, 1.54) is 19.1 Å². The topological polar surface area (TPSA) is 72.9 Å². The summed E-state index contributed by atoms with van der Waals surface area (Å²) < 4.78 is 33.7. The molecular formula is C14H19NO5S. The molecule has 6 nitrogen and oxygen atoms in total. The maximum atomic E-state index is 12.3. The molecule has 1 aromatic carbocycles.